The highest BCUT2D eigenvalue weighted by Crippen LogP contribution is 2.26. The molecule has 1 atom stereocenters. The Balaban J connectivity index is 2.09. The molecular formula is C13H13N5OS. The highest BCUT2D eigenvalue weighted by Gasteiger charge is 2.17. The summed E-state index contributed by atoms with van der Waals surface area (Å²) in [5.74, 6) is 0.607. The summed E-state index contributed by atoms with van der Waals surface area (Å²) in [6.45, 7) is 0. The van der Waals surface area contributed by atoms with Crippen molar-refractivity contribution in [1.29, 1.82) is 0 Å². The summed E-state index contributed by atoms with van der Waals surface area (Å²) in [6, 6.07) is 9.31. The van der Waals surface area contributed by atoms with Crippen molar-refractivity contribution in [1.82, 2.24) is 19.9 Å². The van der Waals surface area contributed by atoms with E-state index in [-0.39, 0.29) is 5.95 Å². The van der Waals surface area contributed by atoms with Crippen LogP contribution in [0.3, 0.4) is 0 Å². The monoisotopic (exact) mass is 287 g/mol. The van der Waals surface area contributed by atoms with Crippen LogP contribution >= 0.6 is 11.8 Å². The van der Waals surface area contributed by atoms with Crippen molar-refractivity contribution in [3.63, 3.8) is 0 Å². The van der Waals surface area contributed by atoms with E-state index in [1.165, 1.54) is 11.8 Å². The number of nitrogens with zero attached hydrogens (tertiary/aromatic N) is 3. The molecule has 2 heterocycles. The number of imidazole rings is 1. The molecule has 0 fully saturated rings. The Bertz CT molecular complexity index is 743. The minimum absolute atomic E-state index is 0.175. The van der Waals surface area contributed by atoms with Gasteiger partial charge >= 0.3 is 0 Å². The number of anilines is 1. The number of rotatable bonds is 3. The van der Waals surface area contributed by atoms with Crippen LogP contribution in [0.2, 0.25) is 0 Å². The molecular weight excluding hydrogens is 274 g/mol. The number of aliphatic hydroxyl groups is 1. The van der Waals surface area contributed by atoms with E-state index >= 15 is 0 Å². The van der Waals surface area contributed by atoms with Crippen molar-refractivity contribution in [3.05, 3.63) is 41.7 Å². The van der Waals surface area contributed by atoms with Crippen molar-refractivity contribution < 1.29 is 5.11 Å². The number of H-pyrrole nitrogens is 1. The number of aliphatic hydroxyl groups excluding tert-OH is 1. The second-order valence-corrected chi connectivity index (χ2v) is 5.02. The molecule has 0 amide bonds. The molecule has 20 heavy (non-hydrogen) atoms. The number of hydrogen-bond donors (Lipinski definition) is 3. The first-order valence-electron chi connectivity index (χ1n) is 5.99. The molecule has 1 aromatic carbocycles. The van der Waals surface area contributed by atoms with Gasteiger partial charge in [0.2, 0.25) is 5.95 Å². The molecule has 0 spiro atoms. The van der Waals surface area contributed by atoms with E-state index in [9.17, 15) is 5.11 Å². The lowest BCUT2D eigenvalue weighted by Gasteiger charge is -2.06. The maximum absolute atomic E-state index is 10.3. The Morgan fingerprint density at radius 2 is 1.95 bits per heavy atom. The van der Waals surface area contributed by atoms with Gasteiger partial charge in [0.05, 0.1) is 0 Å². The molecule has 4 N–H and O–H groups in total. The molecule has 0 radical (unpaired) electrons. The maximum atomic E-state index is 10.3. The van der Waals surface area contributed by atoms with Crippen molar-refractivity contribution in [3.8, 4) is 0 Å². The van der Waals surface area contributed by atoms with E-state index in [1.54, 1.807) is 0 Å². The second-order valence-electron chi connectivity index (χ2n) is 4.22. The van der Waals surface area contributed by atoms with Gasteiger partial charge in [-0.25, -0.2) is 9.97 Å². The smallest absolute Gasteiger partial charge is 0.223 e. The van der Waals surface area contributed by atoms with Crippen LogP contribution < -0.4 is 5.73 Å². The number of thioether (sulfide) groups is 1. The van der Waals surface area contributed by atoms with Crippen LogP contribution in [0, 0.1) is 0 Å². The fourth-order valence-corrected chi connectivity index (χ4v) is 2.51. The topological polar surface area (TPSA) is 101 Å². The van der Waals surface area contributed by atoms with E-state index < -0.39 is 6.10 Å². The molecule has 3 rings (SSSR count). The predicted octanol–water partition coefficient (Wildman–Crippen LogP) is 1.74. The van der Waals surface area contributed by atoms with E-state index in [1.807, 2.05) is 36.6 Å². The molecule has 0 aliphatic rings. The van der Waals surface area contributed by atoms with Crippen LogP contribution in [0.4, 0.5) is 5.95 Å². The van der Waals surface area contributed by atoms with Crippen molar-refractivity contribution in [2.45, 2.75) is 11.1 Å². The molecule has 0 bridgehead atoms. The Hall–Kier alpha value is -2.12. The summed E-state index contributed by atoms with van der Waals surface area (Å²) < 4.78 is 0. The molecule has 0 saturated carbocycles. The van der Waals surface area contributed by atoms with Crippen LogP contribution in [-0.4, -0.2) is 31.3 Å². The van der Waals surface area contributed by atoms with Gasteiger partial charge in [0, 0.05) is 0 Å². The molecule has 6 nitrogen and oxygen atoms in total. The van der Waals surface area contributed by atoms with Crippen molar-refractivity contribution >= 4 is 28.9 Å². The predicted molar refractivity (Wildman–Crippen MR) is 78.4 cm³/mol. The lowest BCUT2D eigenvalue weighted by atomic mass is 10.1. The second kappa shape index (κ2) is 5.10. The third-order valence-electron chi connectivity index (χ3n) is 2.92. The van der Waals surface area contributed by atoms with Gasteiger partial charge in [-0.15, -0.1) is 11.8 Å². The van der Waals surface area contributed by atoms with E-state index in [0.29, 0.717) is 22.0 Å². The summed E-state index contributed by atoms with van der Waals surface area (Å²) in [5.41, 5.74) is 7.56. The van der Waals surface area contributed by atoms with E-state index in [0.717, 1.165) is 5.56 Å². The zero-order chi connectivity index (χ0) is 14.1. The number of aromatic amines is 1. The molecule has 7 heteroatoms. The first-order chi connectivity index (χ1) is 9.69. The number of nitrogen functional groups attached to an aromatic ring is 1. The average molecular weight is 287 g/mol. The third-order valence-corrected chi connectivity index (χ3v) is 3.60. The summed E-state index contributed by atoms with van der Waals surface area (Å²) >= 11 is 1.45. The SMILES string of the molecule is CSc1nc(N)nc2nc([C@H](O)c3ccccc3)[nH]c12. The Morgan fingerprint density at radius 3 is 2.65 bits per heavy atom. The van der Waals surface area contributed by atoms with Gasteiger partial charge < -0.3 is 15.8 Å². The van der Waals surface area contributed by atoms with Gasteiger partial charge in [0.15, 0.2) is 5.65 Å². The number of nitrogens with two attached hydrogens (primary N) is 1. The van der Waals surface area contributed by atoms with Gasteiger partial charge in [0.25, 0.3) is 0 Å². The molecule has 0 unspecified atom stereocenters. The van der Waals surface area contributed by atoms with Crippen LogP contribution in [0.15, 0.2) is 35.4 Å². The fourth-order valence-electron chi connectivity index (χ4n) is 1.98. The highest BCUT2D eigenvalue weighted by molar-refractivity contribution is 7.98. The first kappa shape index (κ1) is 12.9. The lowest BCUT2D eigenvalue weighted by molar-refractivity contribution is 0.211. The summed E-state index contributed by atoms with van der Waals surface area (Å²) in [6.07, 6.45) is 1.07. The standard InChI is InChI=1S/C13H13N5OS/c1-20-12-8-10(17-13(14)18-12)16-11(15-8)9(19)7-5-3-2-4-6-7/h2-6,9,19H,1H3,(H3,14,15,16,17,18)/t9-/m1/s1. The first-order valence-corrected chi connectivity index (χ1v) is 7.21. The van der Waals surface area contributed by atoms with Gasteiger partial charge in [0.1, 0.15) is 22.5 Å². The number of fused-ring (bicyclic) bond motifs is 1. The van der Waals surface area contributed by atoms with Crippen molar-refractivity contribution in [2.24, 2.45) is 0 Å². The highest BCUT2D eigenvalue weighted by atomic mass is 32.2. The van der Waals surface area contributed by atoms with E-state index in [2.05, 4.69) is 19.9 Å². The zero-order valence-electron chi connectivity index (χ0n) is 10.7. The van der Waals surface area contributed by atoms with Gasteiger partial charge in [-0.05, 0) is 11.8 Å². The largest absolute Gasteiger partial charge is 0.380 e. The van der Waals surface area contributed by atoms with Crippen molar-refractivity contribution in [2.75, 3.05) is 12.0 Å². The molecule has 3 aromatic rings. The number of nitrogens with one attached hydrogen (secondary N) is 1. The molecule has 2 aromatic heterocycles. The van der Waals surface area contributed by atoms with Gasteiger partial charge in [-0.3, -0.25) is 0 Å². The minimum Gasteiger partial charge on any atom is -0.380 e. The fraction of sp³-hybridized carbons (Fsp3) is 0.154. The molecule has 0 saturated heterocycles. The Morgan fingerprint density at radius 1 is 1.20 bits per heavy atom. The quantitative estimate of drug-likeness (QED) is 0.501. The maximum Gasteiger partial charge on any atom is 0.223 e. The summed E-state index contributed by atoms with van der Waals surface area (Å²) in [5, 5.41) is 11.1. The third kappa shape index (κ3) is 2.21. The van der Waals surface area contributed by atoms with Crippen LogP contribution in [0.25, 0.3) is 11.2 Å². The average Bonchev–Trinajstić information content (AvgIpc) is 2.90. The normalized spacial score (nSPS) is 12.7. The summed E-state index contributed by atoms with van der Waals surface area (Å²) in [7, 11) is 0. The summed E-state index contributed by atoms with van der Waals surface area (Å²) in [4.78, 5) is 15.6. The molecule has 0 aliphatic carbocycles. The minimum atomic E-state index is -0.832. The lowest BCUT2D eigenvalue weighted by Crippen LogP contribution is -2.01. The molecule has 0 aliphatic heterocycles. The Kier molecular flexibility index (Phi) is 3.29. The zero-order valence-corrected chi connectivity index (χ0v) is 11.6. The van der Waals surface area contributed by atoms with Gasteiger partial charge in [-0.2, -0.15) is 4.98 Å². The number of aromatic nitrogens is 4. The number of hydrogen-bond acceptors (Lipinski definition) is 6. The molecule has 102 valence electrons. The van der Waals surface area contributed by atoms with Crippen LogP contribution in [0.5, 0.6) is 0 Å². The van der Waals surface area contributed by atoms with E-state index in [4.69, 9.17) is 5.73 Å². The van der Waals surface area contributed by atoms with Crippen LogP contribution in [-0.2, 0) is 0 Å². The Labute approximate surface area is 119 Å². The number of benzene rings is 1. The van der Waals surface area contributed by atoms with Gasteiger partial charge in [-0.1, -0.05) is 30.3 Å². The van der Waals surface area contributed by atoms with Crippen LogP contribution in [0.1, 0.15) is 17.5 Å².